The molecule has 1 aromatic rings. The summed E-state index contributed by atoms with van der Waals surface area (Å²) in [5, 5.41) is 10.4. The highest BCUT2D eigenvalue weighted by Crippen LogP contribution is 2.61. The van der Waals surface area contributed by atoms with Crippen LogP contribution in [0.3, 0.4) is 0 Å². The minimum Gasteiger partial charge on any atom is -0.477 e. The van der Waals surface area contributed by atoms with Crippen LogP contribution in [0.25, 0.3) is 0 Å². The fourth-order valence-electron chi connectivity index (χ4n) is 6.35. The SMILES string of the molecule is C=C1CCC2CC(C3(C)CCC(O)CC3COc3ccccn3)CCC12C. The van der Waals surface area contributed by atoms with Crippen molar-refractivity contribution in [2.24, 2.45) is 28.6 Å². The quantitative estimate of drug-likeness (QED) is 0.723. The Labute approximate surface area is 164 Å². The summed E-state index contributed by atoms with van der Waals surface area (Å²) in [4.78, 5) is 4.31. The van der Waals surface area contributed by atoms with Crippen LogP contribution >= 0.6 is 0 Å². The Bertz CT molecular complexity index is 674. The second-order valence-corrected chi connectivity index (χ2v) is 9.84. The first-order valence-electron chi connectivity index (χ1n) is 10.8. The minimum atomic E-state index is -0.185. The lowest BCUT2D eigenvalue weighted by Crippen LogP contribution is -2.47. The van der Waals surface area contributed by atoms with E-state index < -0.39 is 0 Å². The lowest BCUT2D eigenvalue weighted by molar-refractivity contribution is -0.0631. The van der Waals surface area contributed by atoms with Gasteiger partial charge < -0.3 is 9.84 Å². The lowest BCUT2D eigenvalue weighted by Gasteiger charge is -2.53. The normalized spacial score (nSPS) is 42.0. The van der Waals surface area contributed by atoms with E-state index >= 15 is 0 Å². The lowest BCUT2D eigenvalue weighted by atomic mass is 9.53. The van der Waals surface area contributed by atoms with Crippen molar-refractivity contribution in [3.05, 3.63) is 36.5 Å². The smallest absolute Gasteiger partial charge is 0.213 e. The molecule has 0 aliphatic heterocycles. The van der Waals surface area contributed by atoms with Gasteiger partial charge in [0.25, 0.3) is 0 Å². The van der Waals surface area contributed by atoms with Crippen molar-refractivity contribution in [1.29, 1.82) is 0 Å². The van der Waals surface area contributed by atoms with Crippen LogP contribution in [0.4, 0.5) is 0 Å². The number of pyridine rings is 1. The number of aliphatic hydroxyl groups is 1. The van der Waals surface area contributed by atoms with Crippen molar-refractivity contribution in [3.63, 3.8) is 0 Å². The van der Waals surface area contributed by atoms with Gasteiger partial charge in [0.05, 0.1) is 12.7 Å². The van der Waals surface area contributed by atoms with E-state index in [0.29, 0.717) is 23.8 Å². The van der Waals surface area contributed by atoms with Crippen LogP contribution in [0.15, 0.2) is 36.5 Å². The molecule has 27 heavy (non-hydrogen) atoms. The van der Waals surface area contributed by atoms with Crippen molar-refractivity contribution in [2.75, 3.05) is 6.61 Å². The Kier molecular flexibility index (Phi) is 5.09. The molecule has 0 saturated heterocycles. The largest absolute Gasteiger partial charge is 0.477 e. The Hall–Kier alpha value is -1.35. The Morgan fingerprint density at radius 3 is 2.78 bits per heavy atom. The van der Waals surface area contributed by atoms with Crippen molar-refractivity contribution >= 4 is 0 Å². The van der Waals surface area contributed by atoms with E-state index in [2.05, 4.69) is 25.4 Å². The summed E-state index contributed by atoms with van der Waals surface area (Å²) in [6.07, 6.45) is 10.9. The standard InChI is InChI=1S/C24H35NO2/c1-17-7-8-18-14-19(9-11-23(17,18)2)24(3)12-10-21(26)15-20(24)16-27-22-6-4-5-13-25-22/h4-6,13,18-21,26H,1,7-12,14-16H2,2-3H3. The summed E-state index contributed by atoms with van der Waals surface area (Å²) >= 11 is 0. The van der Waals surface area contributed by atoms with Gasteiger partial charge in [-0.3, -0.25) is 0 Å². The molecule has 0 amide bonds. The molecule has 6 atom stereocenters. The van der Waals surface area contributed by atoms with Gasteiger partial charge in [-0.1, -0.05) is 32.1 Å². The fourth-order valence-corrected chi connectivity index (χ4v) is 6.35. The van der Waals surface area contributed by atoms with Gasteiger partial charge >= 0.3 is 0 Å². The average Bonchev–Trinajstić information content (AvgIpc) is 2.97. The van der Waals surface area contributed by atoms with Gasteiger partial charge in [-0.2, -0.15) is 0 Å². The van der Waals surface area contributed by atoms with E-state index in [-0.39, 0.29) is 11.5 Å². The first kappa shape index (κ1) is 19.0. The van der Waals surface area contributed by atoms with Crippen LogP contribution < -0.4 is 4.74 Å². The summed E-state index contributed by atoms with van der Waals surface area (Å²) in [5.74, 6) is 2.61. The van der Waals surface area contributed by atoms with Gasteiger partial charge in [0.15, 0.2) is 0 Å². The topological polar surface area (TPSA) is 42.4 Å². The van der Waals surface area contributed by atoms with E-state index in [1.54, 1.807) is 6.20 Å². The van der Waals surface area contributed by atoms with Gasteiger partial charge in [-0.15, -0.1) is 0 Å². The number of fused-ring (bicyclic) bond motifs is 1. The van der Waals surface area contributed by atoms with Gasteiger partial charge in [-0.25, -0.2) is 4.98 Å². The third kappa shape index (κ3) is 3.44. The molecule has 0 bridgehead atoms. The summed E-state index contributed by atoms with van der Waals surface area (Å²) < 4.78 is 6.07. The summed E-state index contributed by atoms with van der Waals surface area (Å²) in [6, 6.07) is 5.80. The molecular weight excluding hydrogens is 334 g/mol. The molecule has 4 rings (SSSR count). The van der Waals surface area contributed by atoms with Crippen LogP contribution in [-0.2, 0) is 0 Å². The van der Waals surface area contributed by atoms with Crippen LogP contribution in [0, 0.1) is 28.6 Å². The molecule has 3 fully saturated rings. The zero-order chi connectivity index (χ0) is 19.1. The number of hydrogen-bond donors (Lipinski definition) is 1. The molecular formula is C24H35NO2. The van der Waals surface area contributed by atoms with Gasteiger partial charge in [-0.05, 0) is 80.1 Å². The van der Waals surface area contributed by atoms with Crippen LogP contribution in [0.5, 0.6) is 5.88 Å². The van der Waals surface area contributed by atoms with E-state index in [4.69, 9.17) is 4.74 Å². The second-order valence-electron chi connectivity index (χ2n) is 9.84. The number of ether oxygens (including phenoxy) is 1. The van der Waals surface area contributed by atoms with Crippen LogP contribution in [0.2, 0.25) is 0 Å². The van der Waals surface area contributed by atoms with Gasteiger partial charge in [0.1, 0.15) is 0 Å². The first-order valence-corrected chi connectivity index (χ1v) is 10.8. The molecule has 1 N–H and O–H groups in total. The van der Waals surface area contributed by atoms with Gasteiger partial charge in [0, 0.05) is 18.2 Å². The van der Waals surface area contributed by atoms with Crippen LogP contribution in [0.1, 0.15) is 65.2 Å². The molecule has 3 aliphatic rings. The number of allylic oxidation sites excluding steroid dienone is 1. The number of hydrogen-bond acceptors (Lipinski definition) is 3. The maximum absolute atomic E-state index is 10.4. The summed E-state index contributed by atoms with van der Waals surface area (Å²) in [7, 11) is 0. The molecule has 3 heteroatoms. The molecule has 0 aromatic carbocycles. The zero-order valence-corrected chi connectivity index (χ0v) is 17.0. The predicted octanol–water partition coefficient (Wildman–Crippen LogP) is 5.40. The molecule has 6 unspecified atom stereocenters. The molecule has 0 spiro atoms. The molecule has 148 valence electrons. The molecule has 3 saturated carbocycles. The summed E-state index contributed by atoms with van der Waals surface area (Å²) in [6.45, 7) is 9.99. The Morgan fingerprint density at radius 1 is 1.15 bits per heavy atom. The highest BCUT2D eigenvalue weighted by atomic mass is 16.5. The molecule has 3 nitrogen and oxygen atoms in total. The van der Waals surface area contributed by atoms with E-state index in [1.165, 1.54) is 37.7 Å². The predicted molar refractivity (Wildman–Crippen MR) is 108 cm³/mol. The van der Waals surface area contributed by atoms with Crippen molar-refractivity contribution in [1.82, 2.24) is 4.98 Å². The highest BCUT2D eigenvalue weighted by Gasteiger charge is 2.52. The average molecular weight is 370 g/mol. The van der Waals surface area contributed by atoms with E-state index in [1.807, 2.05) is 18.2 Å². The summed E-state index contributed by atoms with van der Waals surface area (Å²) in [5.41, 5.74) is 2.12. The van der Waals surface area contributed by atoms with Crippen molar-refractivity contribution in [3.8, 4) is 5.88 Å². The Balaban J connectivity index is 1.49. The first-order chi connectivity index (χ1) is 12.9. The van der Waals surface area contributed by atoms with E-state index in [9.17, 15) is 5.11 Å². The molecule has 1 heterocycles. The third-order valence-corrected chi connectivity index (χ3v) is 8.59. The fraction of sp³-hybridized carbons (Fsp3) is 0.708. The Morgan fingerprint density at radius 2 is 2.00 bits per heavy atom. The third-order valence-electron chi connectivity index (χ3n) is 8.59. The van der Waals surface area contributed by atoms with E-state index in [0.717, 1.165) is 31.1 Å². The van der Waals surface area contributed by atoms with Crippen molar-refractivity contribution < 1.29 is 9.84 Å². The molecule has 0 radical (unpaired) electrons. The van der Waals surface area contributed by atoms with Crippen LogP contribution in [-0.4, -0.2) is 22.8 Å². The molecule has 3 aliphatic carbocycles. The maximum Gasteiger partial charge on any atom is 0.213 e. The molecule has 1 aromatic heterocycles. The maximum atomic E-state index is 10.4. The number of aromatic nitrogens is 1. The highest BCUT2D eigenvalue weighted by molar-refractivity contribution is 5.19. The number of rotatable bonds is 4. The number of nitrogens with zero attached hydrogens (tertiary/aromatic N) is 1. The number of aliphatic hydroxyl groups excluding tert-OH is 1. The zero-order valence-electron chi connectivity index (χ0n) is 17.0. The van der Waals surface area contributed by atoms with Crippen molar-refractivity contribution in [2.45, 2.75) is 71.3 Å². The van der Waals surface area contributed by atoms with Gasteiger partial charge in [0.2, 0.25) is 5.88 Å². The second kappa shape index (κ2) is 7.24. The minimum absolute atomic E-state index is 0.185. The monoisotopic (exact) mass is 369 g/mol.